The quantitative estimate of drug-likeness (QED) is 0.109. The summed E-state index contributed by atoms with van der Waals surface area (Å²) in [5, 5.41) is 33.3. The highest BCUT2D eigenvalue weighted by Gasteiger charge is 2.21. The van der Waals surface area contributed by atoms with Crippen molar-refractivity contribution in [1.29, 1.82) is 5.26 Å². The molecule has 8 rings (SSSR count). The Bertz CT molecular complexity index is 2240. The number of nitriles is 1. The number of hydrogen-bond donors (Lipinski definition) is 5. The Morgan fingerprint density at radius 3 is 1.91 bits per heavy atom. The molecular formula is C39H43ClN14O2. The van der Waals surface area contributed by atoms with Crippen molar-refractivity contribution in [1.82, 2.24) is 50.5 Å². The molecule has 16 nitrogen and oxygen atoms in total. The monoisotopic (exact) mass is 774 g/mol. The van der Waals surface area contributed by atoms with E-state index in [4.69, 9.17) is 26.3 Å². The second-order valence-electron chi connectivity index (χ2n) is 13.4. The van der Waals surface area contributed by atoms with Gasteiger partial charge in [0, 0.05) is 61.2 Å². The molecule has 6 heterocycles. The molecule has 0 amide bonds. The molecule has 0 spiro atoms. The van der Waals surface area contributed by atoms with Crippen LogP contribution in [0.2, 0.25) is 5.15 Å². The van der Waals surface area contributed by atoms with Gasteiger partial charge in [-0.1, -0.05) is 17.7 Å². The molecule has 17 heteroatoms. The van der Waals surface area contributed by atoms with Crippen LogP contribution in [-0.4, -0.2) is 106 Å². The van der Waals surface area contributed by atoms with Crippen LogP contribution in [0.5, 0.6) is 11.5 Å². The number of hydrogen-bond acceptors (Lipinski definition) is 14. The predicted octanol–water partition coefficient (Wildman–Crippen LogP) is 5.98. The number of nitrogens with zero attached hydrogens (tertiary/aromatic N) is 9. The van der Waals surface area contributed by atoms with Gasteiger partial charge in [0.2, 0.25) is 0 Å². The van der Waals surface area contributed by atoms with E-state index < -0.39 is 0 Å². The molecule has 0 unspecified atom stereocenters. The Balaban J connectivity index is 0.000000172. The average Bonchev–Trinajstić information content (AvgIpc) is 3.92. The first-order valence-corrected chi connectivity index (χ1v) is 18.6. The van der Waals surface area contributed by atoms with Crippen LogP contribution in [0.1, 0.15) is 30.0 Å². The van der Waals surface area contributed by atoms with Gasteiger partial charge in [-0.3, -0.25) is 10.2 Å². The van der Waals surface area contributed by atoms with Gasteiger partial charge in [-0.2, -0.15) is 15.5 Å². The molecule has 2 saturated heterocycles. The van der Waals surface area contributed by atoms with Crippen LogP contribution in [0.4, 0.5) is 29.0 Å². The number of piperazine rings is 1. The van der Waals surface area contributed by atoms with Gasteiger partial charge in [0.1, 0.15) is 34.4 Å². The lowest BCUT2D eigenvalue weighted by atomic mass is 9.88. The Morgan fingerprint density at radius 1 is 0.732 bits per heavy atom. The third kappa shape index (κ3) is 9.32. The van der Waals surface area contributed by atoms with Crippen LogP contribution >= 0.6 is 11.6 Å². The molecular weight excluding hydrogens is 732 g/mol. The normalized spacial score (nSPS) is 14.7. The SMILES string of the molecule is COc1cc(C2CCN(C)CC2)ccc1-c1cc(Nc2cnc(Cl)cn2)n[nH]1.COc1cc(N2CCNCC2)ccc1-c1cc(Nc2cnc(C#N)cn2)n[nH]1. The molecule has 2 aliphatic rings. The summed E-state index contributed by atoms with van der Waals surface area (Å²) in [4.78, 5) is 21.0. The molecule has 5 N–H and O–H groups in total. The van der Waals surface area contributed by atoms with Crippen molar-refractivity contribution in [2.45, 2.75) is 18.8 Å². The van der Waals surface area contributed by atoms with Gasteiger partial charge in [0.25, 0.3) is 0 Å². The largest absolute Gasteiger partial charge is 0.496 e. The maximum atomic E-state index is 8.79. The Labute approximate surface area is 329 Å². The number of benzene rings is 2. The summed E-state index contributed by atoms with van der Waals surface area (Å²) in [7, 11) is 5.55. The van der Waals surface area contributed by atoms with Crippen molar-refractivity contribution in [3.05, 3.63) is 89.7 Å². The Morgan fingerprint density at radius 2 is 1.34 bits per heavy atom. The fraction of sp³-hybridized carbons (Fsp3) is 0.308. The van der Waals surface area contributed by atoms with E-state index in [2.05, 4.69) is 103 Å². The van der Waals surface area contributed by atoms with Gasteiger partial charge >= 0.3 is 0 Å². The van der Waals surface area contributed by atoms with Crippen molar-refractivity contribution in [3.8, 4) is 40.1 Å². The number of methoxy groups -OCH3 is 2. The zero-order valence-corrected chi connectivity index (χ0v) is 32.1. The van der Waals surface area contributed by atoms with E-state index >= 15 is 0 Å². The van der Waals surface area contributed by atoms with Crippen molar-refractivity contribution < 1.29 is 9.47 Å². The standard InChI is InChI=1S/C20H23ClN6O.C19H20N8O/c1-27-7-5-13(6-8-27)14-3-4-15(17(9-14)28-2)16-10-19(26-25-16)24-20-12-22-18(21)11-23-20;1-28-17-8-14(27-6-4-21-5-7-27)2-3-15(17)16-9-18(26-25-16)24-19-12-22-13(10-20)11-23-19/h3-4,9-13H,5-8H2,1-2H3,(H2,23,24,25,26);2-3,8-9,11-12,21H,4-7H2,1H3,(H2,23,24,25,26). The molecule has 0 atom stereocenters. The number of aromatic amines is 2. The molecule has 0 bridgehead atoms. The van der Waals surface area contributed by atoms with Crippen molar-refractivity contribution >= 4 is 40.6 Å². The first-order valence-electron chi connectivity index (χ1n) is 18.2. The first kappa shape index (κ1) is 38.0. The third-order valence-corrected chi connectivity index (χ3v) is 9.91. The van der Waals surface area contributed by atoms with E-state index in [0.717, 1.165) is 79.0 Å². The highest BCUT2D eigenvalue weighted by molar-refractivity contribution is 6.29. The molecule has 2 aromatic carbocycles. The molecule has 56 heavy (non-hydrogen) atoms. The van der Waals surface area contributed by atoms with Gasteiger partial charge in [-0.25, -0.2) is 19.9 Å². The van der Waals surface area contributed by atoms with E-state index in [1.807, 2.05) is 24.3 Å². The molecule has 288 valence electrons. The highest BCUT2D eigenvalue weighted by Crippen LogP contribution is 2.37. The minimum Gasteiger partial charge on any atom is -0.496 e. The summed E-state index contributed by atoms with van der Waals surface area (Å²) in [6.45, 7) is 6.20. The number of rotatable bonds is 10. The van der Waals surface area contributed by atoms with E-state index in [1.54, 1.807) is 20.4 Å². The molecule has 2 aliphatic heterocycles. The van der Waals surface area contributed by atoms with Crippen LogP contribution < -0.4 is 30.3 Å². The number of likely N-dealkylation sites (tertiary alicyclic amines) is 1. The van der Waals surface area contributed by atoms with Gasteiger partial charge in [-0.05, 0) is 68.7 Å². The van der Waals surface area contributed by atoms with Crippen LogP contribution in [0.3, 0.4) is 0 Å². The Kier molecular flexibility index (Phi) is 12.2. The first-order chi connectivity index (χ1) is 27.4. The average molecular weight is 775 g/mol. The van der Waals surface area contributed by atoms with Crippen LogP contribution in [-0.2, 0) is 0 Å². The number of ether oxygens (including phenoxy) is 2. The second-order valence-corrected chi connectivity index (χ2v) is 13.8. The molecule has 6 aromatic rings. The van der Waals surface area contributed by atoms with E-state index in [0.29, 0.717) is 34.3 Å². The van der Waals surface area contributed by atoms with Gasteiger partial charge < -0.3 is 35.2 Å². The van der Waals surface area contributed by atoms with Gasteiger partial charge in [0.15, 0.2) is 17.3 Å². The zero-order chi connectivity index (χ0) is 38.9. The summed E-state index contributed by atoms with van der Waals surface area (Å²) < 4.78 is 11.3. The lowest BCUT2D eigenvalue weighted by molar-refractivity contribution is 0.255. The lowest BCUT2D eigenvalue weighted by Gasteiger charge is -2.29. The minimum absolute atomic E-state index is 0.266. The van der Waals surface area contributed by atoms with E-state index in [1.165, 1.54) is 37.0 Å². The second kappa shape index (κ2) is 17.9. The maximum absolute atomic E-state index is 8.79. The van der Waals surface area contributed by atoms with Crippen molar-refractivity contribution in [3.63, 3.8) is 0 Å². The summed E-state index contributed by atoms with van der Waals surface area (Å²) >= 11 is 5.77. The van der Waals surface area contributed by atoms with Crippen LogP contribution in [0, 0.1) is 11.3 Å². The summed E-state index contributed by atoms with van der Waals surface area (Å²) in [5.41, 5.74) is 6.34. The number of H-pyrrole nitrogens is 2. The van der Waals surface area contributed by atoms with Crippen molar-refractivity contribution in [2.75, 3.05) is 76.1 Å². The Hall–Kier alpha value is -6.28. The molecule has 4 aromatic heterocycles. The fourth-order valence-electron chi connectivity index (χ4n) is 6.69. The number of piperidine rings is 1. The molecule has 0 saturated carbocycles. The number of anilines is 5. The lowest BCUT2D eigenvalue weighted by Crippen LogP contribution is -2.43. The topological polar surface area (TPSA) is 194 Å². The maximum Gasteiger partial charge on any atom is 0.158 e. The molecule has 0 aliphatic carbocycles. The van der Waals surface area contributed by atoms with Crippen molar-refractivity contribution in [2.24, 2.45) is 0 Å². The number of halogens is 1. The molecule has 2 fully saturated rings. The summed E-state index contributed by atoms with van der Waals surface area (Å²) in [6, 6.07) is 18.4. The van der Waals surface area contributed by atoms with E-state index in [9.17, 15) is 0 Å². The molecule has 0 radical (unpaired) electrons. The number of nitrogens with one attached hydrogen (secondary N) is 5. The van der Waals surface area contributed by atoms with Gasteiger partial charge in [0.05, 0.1) is 50.4 Å². The third-order valence-electron chi connectivity index (χ3n) is 9.72. The fourth-order valence-corrected chi connectivity index (χ4v) is 6.78. The minimum atomic E-state index is 0.266. The van der Waals surface area contributed by atoms with Gasteiger partial charge in [-0.15, -0.1) is 0 Å². The van der Waals surface area contributed by atoms with Crippen LogP contribution in [0.15, 0.2) is 73.3 Å². The smallest absolute Gasteiger partial charge is 0.158 e. The summed E-state index contributed by atoms with van der Waals surface area (Å²) in [5.74, 6) is 4.55. The zero-order valence-electron chi connectivity index (χ0n) is 31.4. The number of aromatic nitrogens is 8. The highest BCUT2D eigenvalue weighted by atomic mass is 35.5. The summed E-state index contributed by atoms with van der Waals surface area (Å²) in [6.07, 6.45) is 8.32. The van der Waals surface area contributed by atoms with Crippen LogP contribution in [0.25, 0.3) is 22.5 Å². The van der Waals surface area contributed by atoms with E-state index in [-0.39, 0.29) is 5.69 Å². The predicted molar refractivity (Wildman–Crippen MR) is 216 cm³/mol.